The molecular formula is C15H21BrClNO4. The Hall–Kier alpha value is -0.820. The van der Waals surface area contributed by atoms with Crippen molar-refractivity contribution in [2.75, 3.05) is 6.54 Å². The molecule has 2 unspecified atom stereocenters. The van der Waals surface area contributed by atoms with Gasteiger partial charge in [-0.25, -0.2) is 4.79 Å². The van der Waals surface area contributed by atoms with Crippen molar-refractivity contribution in [3.63, 3.8) is 0 Å². The number of aliphatic hydroxyl groups excluding tert-OH is 2. The Morgan fingerprint density at radius 2 is 2.05 bits per heavy atom. The number of aliphatic hydroxyl groups is 2. The van der Waals surface area contributed by atoms with Gasteiger partial charge in [-0.3, -0.25) is 0 Å². The minimum atomic E-state index is -1.08. The van der Waals surface area contributed by atoms with Crippen LogP contribution in [0.2, 0.25) is 5.02 Å². The number of hydrogen-bond acceptors (Lipinski definition) is 4. The molecule has 0 heterocycles. The summed E-state index contributed by atoms with van der Waals surface area (Å²) in [6, 6.07) is 4.96. The van der Waals surface area contributed by atoms with Gasteiger partial charge in [0.2, 0.25) is 0 Å². The molecule has 2 atom stereocenters. The third-order valence-corrected chi connectivity index (χ3v) is 3.99. The van der Waals surface area contributed by atoms with Crippen molar-refractivity contribution in [3.8, 4) is 0 Å². The number of ether oxygens (including phenoxy) is 1. The van der Waals surface area contributed by atoms with E-state index in [2.05, 4.69) is 21.2 Å². The fourth-order valence-corrected chi connectivity index (χ4v) is 2.15. The van der Waals surface area contributed by atoms with Crippen LogP contribution >= 0.6 is 27.5 Å². The summed E-state index contributed by atoms with van der Waals surface area (Å²) in [5.74, 6) is 0. The molecular weight excluding hydrogens is 374 g/mol. The van der Waals surface area contributed by atoms with E-state index in [-0.39, 0.29) is 13.0 Å². The quantitative estimate of drug-likeness (QED) is 0.715. The molecule has 3 N–H and O–H groups in total. The van der Waals surface area contributed by atoms with Gasteiger partial charge >= 0.3 is 6.09 Å². The molecule has 0 saturated heterocycles. The number of alkyl carbamates (subject to hydrolysis) is 1. The Bertz CT molecular complexity index is 519. The smallest absolute Gasteiger partial charge is 0.407 e. The van der Waals surface area contributed by atoms with Gasteiger partial charge in [0.1, 0.15) is 11.7 Å². The maximum absolute atomic E-state index is 11.5. The summed E-state index contributed by atoms with van der Waals surface area (Å²) in [5.41, 5.74) is -0.0610. The Balaban J connectivity index is 2.46. The van der Waals surface area contributed by atoms with E-state index in [1.807, 2.05) is 0 Å². The normalized spacial score (nSPS) is 14.3. The first-order valence-electron chi connectivity index (χ1n) is 6.88. The number of nitrogens with one attached hydrogen (secondary N) is 1. The molecule has 1 amide bonds. The molecule has 0 bridgehead atoms. The van der Waals surface area contributed by atoms with Crippen LogP contribution in [0.15, 0.2) is 22.7 Å². The first-order valence-corrected chi connectivity index (χ1v) is 8.05. The Morgan fingerprint density at radius 3 is 2.59 bits per heavy atom. The van der Waals surface area contributed by atoms with Crippen molar-refractivity contribution in [1.82, 2.24) is 5.32 Å². The largest absolute Gasteiger partial charge is 0.444 e. The molecule has 1 aromatic rings. The molecule has 1 rings (SSSR count). The highest BCUT2D eigenvalue weighted by atomic mass is 79.9. The highest BCUT2D eigenvalue weighted by molar-refractivity contribution is 9.10. The summed E-state index contributed by atoms with van der Waals surface area (Å²) in [4.78, 5) is 11.5. The fourth-order valence-electron chi connectivity index (χ4n) is 1.71. The minimum Gasteiger partial charge on any atom is -0.444 e. The highest BCUT2D eigenvalue weighted by Crippen LogP contribution is 2.27. The lowest BCUT2D eigenvalue weighted by atomic mass is 10.0. The number of rotatable bonds is 5. The van der Waals surface area contributed by atoms with Crippen LogP contribution in [-0.2, 0) is 4.74 Å². The van der Waals surface area contributed by atoms with Crippen molar-refractivity contribution in [1.29, 1.82) is 0 Å². The maximum atomic E-state index is 11.5. The standard InChI is InChI=1S/C15H21BrClNO4/c1-15(2,3)22-14(21)18-7-6-12(19)13(20)9-4-5-10(16)11(17)8-9/h4-5,8,12-13,19-20H,6-7H2,1-3H3,(H,18,21). The molecule has 0 radical (unpaired) electrons. The second-order valence-electron chi connectivity index (χ2n) is 5.90. The van der Waals surface area contributed by atoms with Crippen LogP contribution in [0.1, 0.15) is 38.9 Å². The second kappa shape index (κ2) is 8.15. The molecule has 0 aliphatic rings. The van der Waals surface area contributed by atoms with E-state index in [0.717, 1.165) is 0 Å². The van der Waals surface area contributed by atoms with Crippen LogP contribution in [0.3, 0.4) is 0 Å². The van der Waals surface area contributed by atoms with E-state index < -0.39 is 23.9 Å². The zero-order valence-electron chi connectivity index (χ0n) is 12.8. The highest BCUT2D eigenvalue weighted by Gasteiger charge is 2.20. The van der Waals surface area contributed by atoms with Gasteiger partial charge in [-0.2, -0.15) is 0 Å². The van der Waals surface area contributed by atoms with Gasteiger partial charge in [0.05, 0.1) is 11.1 Å². The van der Waals surface area contributed by atoms with Gasteiger partial charge in [0.15, 0.2) is 0 Å². The number of carbonyl (C=O) groups excluding carboxylic acids is 1. The second-order valence-corrected chi connectivity index (χ2v) is 7.16. The molecule has 0 saturated carbocycles. The van der Waals surface area contributed by atoms with Gasteiger partial charge in [-0.05, 0) is 60.8 Å². The molecule has 0 aliphatic heterocycles. The average molecular weight is 395 g/mol. The summed E-state index contributed by atoms with van der Waals surface area (Å²) in [6.45, 7) is 5.49. The number of benzene rings is 1. The maximum Gasteiger partial charge on any atom is 0.407 e. The van der Waals surface area contributed by atoms with E-state index in [1.165, 1.54) is 0 Å². The predicted molar refractivity (Wildman–Crippen MR) is 89.0 cm³/mol. The van der Waals surface area contributed by atoms with Crippen LogP contribution in [0.5, 0.6) is 0 Å². The lowest BCUT2D eigenvalue weighted by Crippen LogP contribution is -2.34. The van der Waals surface area contributed by atoms with Gasteiger partial charge in [-0.15, -0.1) is 0 Å². The Kier molecular flexibility index (Phi) is 7.12. The first-order chi connectivity index (χ1) is 10.1. The van der Waals surface area contributed by atoms with Crippen LogP contribution in [0.4, 0.5) is 4.79 Å². The summed E-state index contributed by atoms with van der Waals surface area (Å²) < 4.78 is 5.79. The molecule has 0 aliphatic carbocycles. The van der Waals surface area contributed by atoms with E-state index in [9.17, 15) is 15.0 Å². The molecule has 5 nitrogen and oxygen atoms in total. The van der Waals surface area contributed by atoms with E-state index >= 15 is 0 Å². The van der Waals surface area contributed by atoms with E-state index in [0.29, 0.717) is 15.1 Å². The van der Waals surface area contributed by atoms with Crippen molar-refractivity contribution in [3.05, 3.63) is 33.3 Å². The average Bonchev–Trinajstić information content (AvgIpc) is 2.38. The summed E-state index contributed by atoms with van der Waals surface area (Å²) >= 11 is 9.22. The minimum absolute atomic E-state index is 0.189. The van der Waals surface area contributed by atoms with Crippen molar-refractivity contribution >= 4 is 33.6 Å². The van der Waals surface area contributed by atoms with Gasteiger partial charge in [0, 0.05) is 11.0 Å². The molecule has 0 fully saturated rings. The molecule has 1 aromatic carbocycles. The summed E-state index contributed by atoms with van der Waals surface area (Å²) in [6.07, 6.45) is -2.47. The number of carbonyl (C=O) groups is 1. The van der Waals surface area contributed by atoms with Crippen LogP contribution in [0, 0.1) is 0 Å². The summed E-state index contributed by atoms with van der Waals surface area (Å²) in [7, 11) is 0. The molecule has 0 aromatic heterocycles. The zero-order valence-corrected chi connectivity index (χ0v) is 15.1. The third-order valence-electron chi connectivity index (χ3n) is 2.76. The Morgan fingerprint density at radius 1 is 1.41 bits per heavy atom. The van der Waals surface area contributed by atoms with E-state index in [4.69, 9.17) is 16.3 Å². The predicted octanol–water partition coefficient (Wildman–Crippen LogP) is 3.41. The van der Waals surface area contributed by atoms with Crippen molar-refractivity contribution in [2.24, 2.45) is 0 Å². The van der Waals surface area contributed by atoms with Crippen molar-refractivity contribution in [2.45, 2.75) is 45.0 Å². The number of hydrogen-bond donors (Lipinski definition) is 3. The van der Waals surface area contributed by atoms with Gasteiger partial charge < -0.3 is 20.3 Å². The molecule has 124 valence electrons. The monoisotopic (exact) mass is 393 g/mol. The molecule has 7 heteroatoms. The zero-order chi connectivity index (χ0) is 16.9. The van der Waals surface area contributed by atoms with Gasteiger partial charge in [0.25, 0.3) is 0 Å². The number of halogens is 2. The van der Waals surface area contributed by atoms with Crippen LogP contribution < -0.4 is 5.32 Å². The van der Waals surface area contributed by atoms with Crippen molar-refractivity contribution < 1.29 is 19.7 Å². The lowest BCUT2D eigenvalue weighted by Gasteiger charge is -2.21. The Labute approximate surface area is 143 Å². The lowest BCUT2D eigenvalue weighted by molar-refractivity contribution is 0.0123. The summed E-state index contributed by atoms with van der Waals surface area (Å²) in [5, 5.41) is 23.1. The van der Waals surface area contributed by atoms with E-state index in [1.54, 1.807) is 39.0 Å². The first kappa shape index (κ1) is 19.2. The fraction of sp³-hybridized carbons (Fsp3) is 0.533. The van der Waals surface area contributed by atoms with Gasteiger partial charge in [-0.1, -0.05) is 17.7 Å². The third kappa shape index (κ3) is 6.52. The SMILES string of the molecule is CC(C)(C)OC(=O)NCCC(O)C(O)c1ccc(Br)c(Cl)c1. The van der Waals surface area contributed by atoms with Crippen LogP contribution in [0.25, 0.3) is 0 Å². The topological polar surface area (TPSA) is 78.8 Å². The molecule has 22 heavy (non-hydrogen) atoms. The van der Waals surface area contributed by atoms with Crippen LogP contribution in [-0.4, -0.2) is 34.6 Å². The number of amides is 1. The molecule has 0 spiro atoms.